The van der Waals surface area contributed by atoms with Gasteiger partial charge in [-0.25, -0.2) is 0 Å². The van der Waals surface area contributed by atoms with Crippen LogP contribution in [0.2, 0.25) is 10.0 Å². The lowest BCUT2D eigenvalue weighted by molar-refractivity contribution is 0.103. The van der Waals surface area contributed by atoms with E-state index >= 15 is 0 Å². The highest BCUT2D eigenvalue weighted by atomic mass is 35.5. The van der Waals surface area contributed by atoms with E-state index in [9.17, 15) is 19.8 Å². The molecule has 178 valence electrons. The van der Waals surface area contributed by atoms with Crippen molar-refractivity contribution in [1.82, 2.24) is 0 Å². The van der Waals surface area contributed by atoms with Gasteiger partial charge in [-0.1, -0.05) is 23.2 Å². The molecule has 4 aromatic rings. The van der Waals surface area contributed by atoms with Gasteiger partial charge < -0.3 is 20.1 Å². The molecule has 0 saturated heterocycles. The van der Waals surface area contributed by atoms with Gasteiger partial charge in [-0.3, -0.25) is 9.59 Å². The summed E-state index contributed by atoms with van der Waals surface area (Å²) in [5.41, 5.74) is 1.77. The van der Waals surface area contributed by atoms with E-state index in [2.05, 4.69) is 0 Å². The molecule has 8 heteroatoms. The Hall–Kier alpha value is -4.00. The molecular weight excluding hydrogens is 491 g/mol. The minimum Gasteiger partial charge on any atom is -0.504 e. The van der Waals surface area contributed by atoms with E-state index in [4.69, 9.17) is 33.0 Å². The van der Waals surface area contributed by atoms with Gasteiger partial charge in [0.05, 0.1) is 7.11 Å². The van der Waals surface area contributed by atoms with Gasteiger partial charge in [0.25, 0.3) is 0 Å². The Balaban J connectivity index is 0.000000196. The fourth-order valence-electron chi connectivity index (χ4n) is 3.02. The van der Waals surface area contributed by atoms with Gasteiger partial charge in [0, 0.05) is 32.3 Å². The zero-order valence-electron chi connectivity index (χ0n) is 18.4. The summed E-state index contributed by atoms with van der Waals surface area (Å²) >= 11 is 11.5. The number of benzene rings is 4. The fraction of sp³-hybridized carbons (Fsp3) is 0.0370. The summed E-state index contributed by atoms with van der Waals surface area (Å²) in [6.45, 7) is 0. The third-order valence-corrected chi connectivity index (χ3v) is 5.40. The van der Waals surface area contributed by atoms with Crippen molar-refractivity contribution in [2.75, 3.05) is 7.11 Å². The van der Waals surface area contributed by atoms with E-state index in [0.29, 0.717) is 32.3 Å². The van der Waals surface area contributed by atoms with E-state index in [1.165, 1.54) is 37.4 Å². The Labute approximate surface area is 211 Å². The normalized spacial score (nSPS) is 10.1. The smallest absolute Gasteiger partial charge is 0.193 e. The van der Waals surface area contributed by atoms with Crippen molar-refractivity contribution in [3.05, 3.63) is 117 Å². The van der Waals surface area contributed by atoms with Crippen LogP contribution in [0.4, 0.5) is 0 Å². The van der Waals surface area contributed by atoms with Crippen LogP contribution in [-0.2, 0) is 0 Å². The summed E-state index contributed by atoms with van der Waals surface area (Å²) in [6, 6.07) is 21.5. The third kappa shape index (κ3) is 6.53. The van der Waals surface area contributed by atoms with Crippen LogP contribution in [-0.4, -0.2) is 34.0 Å². The highest BCUT2D eigenvalue weighted by molar-refractivity contribution is 6.31. The Morgan fingerprint density at radius 2 is 0.971 bits per heavy atom. The van der Waals surface area contributed by atoms with Gasteiger partial charge in [-0.2, -0.15) is 0 Å². The zero-order chi connectivity index (χ0) is 25.5. The predicted molar refractivity (Wildman–Crippen MR) is 134 cm³/mol. The van der Waals surface area contributed by atoms with Crippen molar-refractivity contribution in [3.63, 3.8) is 0 Å². The van der Waals surface area contributed by atoms with E-state index in [1.807, 2.05) is 0 Å². The largest absolute Gasteiger partial charge is 0.504 e. The molecule has 0 spiro atoms. The molecule has 0 aliphatic heterocycles. The number of rotatable bonds is 5. The first-order valence-corrected chi connectivity index (χ1v) is 10.9. The van der Waals surface area contributed by atoms with Crippen LogP contribution in [0.1, 0.15) is 31.8 Å². The molecule has 0 aromatic heterocycles. The van der Waals surface area contributed by atoms with Crippen molar-refractivity contribution >= 4 is 34.8 Å². The predicted octanol–water partition coefficient (Wildman–Crippen LogP) is 6.27. The molecule has 0 radical (unpaired) electrons. The van der Waals surface area contributed by atoms with Crippen molar-refractivity contribution in [3.8, 4) is 23.0 Å². The molecule has 35 heavy (non-hydrogen) atoms. The number of phenolic OH excluding ortho intramolecular Hbond substituents is 3. The number of halogens is 2. The van der Waals surface area contributed by atoms with Gasteiger partial charge in [-0.15, -0.1) is 0 Å². The number of phenols is 3. The maximum atomic E-state index is 12.2. The molecule has 0 bridgehead atoms. The third-order valence-electron chi connectivity index (χ3n) is 4.89. The van der Waals surface area contributed by atoms with Crippen LogP contribution in [0, 0.1) is 0 Å². The SMILES string of the molecule is COc1cc(C(=O)c2ccc(Cl)cc2)ccc1O.O=C(c1ccc(Cl)cc1)c1ccc(O)c(O)c1. The Kier molecular flexibility index (Phi) is 8.36. The first-order chi connectivity index (χ1) is 16.7. The van der Waals surface area contributed by atoms with Crippen molar-refractivity contribution in [1.29, 1.82) is 0 Å². The molecule has 3 N–H and O–H groups in total. The van der Waals surface area contributed by atoms with Crippen LogP contribution < -0.4 is 4.74 Å². The summed E-state index contributed by atoms with van der Waals surface area (Å²) in [4.78, 5) is 24.1. The molecular formula is C27H20Cl2O6. The van der Waals surface area contributed by atoms with Gasteiger partial charge in [0.2, 0.25) is 0 Å². The molecule has 6 nitrogen and oxygen atoms in total. The number of ether oxygens (including phenoxy) is 1. The number of ketones is 2. The summed E-state index contributed by atoms with van der Waals surface area (Å²) in [7, 11) is 1.44. The molecule has 0 amide bonds. The Morgan fingerprint density at radius 1 is 0.571 bits per heavy atom. The Morgan fingerprint density at radius 3 is 1.40 bits per heavy atom. The highest BCUT2D eigenvalue weighted by Crippen LogP contribution is 2.28. The van der Waals surface area contributed by atoms with Crippen LogP contribution in [0.15, 0.2) is 84.9 Å². The Bertz CT molecular complexity index is 1350. The number of methoxy groups -OCH3 is 1. The molecule has 0 unspecified atom stereocenters. The van der Waals surface area contributed by atoms with Crippen molar-refractivity contribution < 1.29 is 29.6 Å². The number of carbonyl (C=O) groups is 2. The first-order valence-electron chi connectivity index (χ1n) is 10.2. The summed E-state index contributed by atoms with van der Waals surface area (Å²) < 4.78 is 4.97. The topological polar surface area (TPSA) is 104 Å². The maximum Gasteiger partial charge on any atom is 0.193 e. The van der Waals surface area contributed by atoms with Crippen molar-refractivity contribution in [2.24, 2.45) is 0 Å². The second kappa shape index (κ2) is 11.4. The molecule has 0 aliphatic carbocycles. The quantitative estimate of drug-likeness (QED) is 0.216. The molecule has 4 rings (SSSR count). The average Bonchev–Trinajstić information content (AvgIpc) is 2.86. The van der Waals surface area contributed by atoms with E-state index in [-0.39, 0.29) is 34.6 Å². The van der Waals surface area contributed by atoms with Gasteiger partial charge >= 0.3 is 0 Å². The molecule has 0 heterocycles. The molecule has 0 aliphatic rings. The number of hydrogen-bond donors (Lipinski definition) is 3. The van der Waals surface area contributed by atoms with E-state index < -0.39 is 0 Å². The monoisotopic (exact) mass is 510 g/mol. The first kappa shape index (κ1) is 25.6. The lowest BCUT2D eigenvalue weighted by Crippen LogP contribution is -2.01. The molecule has 0 saturated carbocycles. The van der Waals surface area contributed by atoms with Gasteiger partial charge in [0.15, 0.2) is 34.6 Å². The molecule has 4 aromatic carbocycles. The van der Waals surface area contributed by atoms with Gasteiger partial charge in [-0.05, 0) is 84.9 Å². The number of hydrogen-bond acceptors (Lipinski definition) is 6. The van der Waals surface area contributed by atoms with Crippen LogP contribution in [0.3, 0.4) is 0 Å². The van der Waals surface area contributed by atoms with E-state index in [1.54, 1.807) is 54.6 Å². The van der Waals surface area contributed by atoms with Crippen molar-refractivity contribution in [2.45, 2.75) is 0 Å². The summed E-state index contributed by atoms with van der Waals surface area (Å²) in [5, 5.41) is 29.1. The standard InChI is InChI=1S/C14H11ClO3.C13H9ClO3/c1-18-13-8-10(4-7-12(13)16)14(17)9-2-5-11(15)6-3-9;14-10-4-1-8(2-5-10)13(17)9-3-6-11(15)12(16)7-9/h2-8,16H,1H3;1-7,15-16H. The number of aromatic hydroxyl groups is 3. The molecule has 0 fully saturated rings. The van der Waals surface area contributed by atoms with Crippen LogP contribution in [0.5, 0.6) is 23.0 Å². The maximum absolute atomic E-state index is 12.2. The number of carbonyl (C=O) groups excluding carboxylic acids is 2. The zero-order valence-corrected chi connectivity index (χ0v) is 19.9. The van der Waals surface area contributed by atoms with Crippen LogP contribution >= 0.6 is 23.2 Å². The fourth-order valence-corrected chi connectivity index (χ4v) is 3.27. The van der Waals surface area contributed by atoms with E-state index in [0.717, 1.165) is 0 Å². The lowest BCUT2D eigenvalue weighted by atomic mass is 10.0. The summed E-state index contributed by atoms with van der Waals surface area (Å²) in [6.07, 6.45) is 0. The second-order valence-electron chi connectivity index (χ2n) is 7.26. The minimum absolute atomic E-state index is 0.00477. The highest BCUT2D eigenvalue weighted by Gasteiger charge is 2.12. The molecule has 0 atom stereocenters. The minimum atomic E-state index is -0.315. The van der Waals surface area contributed by atoms with Crippen LogP contribution in [0.25, 0.3) is 0 Å². The van der Waals surface area contributed by atoms with Gasteiger partial charge in [0.1, 0.15) is 0 Å². The lowest BCUT2D eigenvalue weighted by Gasteiger charge is -2.06. The summed E-state index contributed by atoms with van der Waals surface area (Å²) in [5.74, 6) is -0.677. The second-order valence-corrected chi connectivity index (χ2v) is 8.14. The average molecular weight is 511 g/mol.